The van der Waals surface area contributed by atoms with Crippen LogP contribution in [0.1, 0.15) is 37.7 Å². The molecule has 43 heavy (non-hydrogen) atoms. The second kappa shape index (κ2) is 9.78. The van der Waals surface area contributed by atoms with Gasteiger partial charge in [0.1, 0.15) is 21.4 Å². The maximum absolute atomic E-state index is 13.4. The van der Waals surface area contributed by atoms with E-state index in [1.54, 1.807) is 39.0 Å². The van der Waals surface area contributed by atoms with E-state index in [0.717, 1.165) is 27.0 Å². The van der Waals surface area contributed by atoms with Gasteiger partial charge in [-0.05, 0) is 37.3 Å². The number of hydrogen-bond donors (Lipinski definition) is 3. The Kier molecular flexibility index (Phi) is 6.82. The Hall–Kier alpha value is -4.48. The van der Waals surface area contributed by atoms with E-state index in [9.17, 15) is 39.6 Å². The van der Waals surface area contributed by atoms with Crippen molar-refractivity contribution >= 4 is 53.3 Å². The first kappa shape index (κ1) is 30.0. The monoisotopic (exact) mass is 646 g/mol. The summed E-state index contributed by atoms with van der Waals surface area (Å²) < 4.78 is 95.9. The topological polar surface area (TPSA) is 239 Å². The van der Waals surface area contributed by atoms with E-state index in [2.05, 4.69) is 25.7 Å². The van der Waals surface area contributed by atoms with Gasteiger partial charge in [0.2, 0.25) is 0 Å². The van der Waals surface area contributed by atoms with Crippen molar-refractivity contribution < 1.29 is 34.4 Å². The molecule has 0 radical (unpaired) electrons. The predicted octanol–water partition coefficient (Wildman–Crippen LogP) is 3.75. The van der Waals surface area contributed by atoms with Gasteiger partial charge >= 0.3 is 0 Å². The molecule has 0 amide bonds. The van der Waals surface area contributed by atoms with Crippen LogP contribution in [0.3, 0.4) is 0 Å². The van der Waals surface area contributed by atoms with Crippen LogP contribution in [0, 0.1) is 18.3 Å². The lowest BCUT2D eigenvalue weighted by Crippen LogP contribution is -2.23. The van der Waals surface area contributed by atoms with Crippen LogP contribution in [-0.4, -0.2) is 53.3 Å². The Morgan fingerprint density at radius 3 is 2.28 bits per heavy atom. The van der Waals surface area contributed by atoms with Crippen molar-refractivity contribution in [3.05, 3.63) is 59.4 Å². The maximum atomic E-state index is 13.4. The molecule has 2 aromatic carbocycles. The van der Waals surface area contributed by atoms with Crippen LogP contribution in [0.4, 0.5) is 23.0 Å². The van der Waals surface area contributed by atoms with E-state index in [-0.39, 0.29) is 39.0 Å². The molecule has 2 aromatic heterocycles. The van der Waals surface area contributed by atoms with Gasteiger partial charge in [0.25, 0.3) is 30.3 Å². The minimum Gasteiger partial charge on any atom is -0.336 e. The largest absolute Gasteiger partial charge is 0.336 e. The number of aromatic nitrogens is 4. The molecule has 224 valence electrons. The van der Waals surface area contributed by atoms with E-state index in [0.29, 0.717) is 0 Å². The zero-order chi connectivity index (χ0) is 31.7. The first-order chi connectivity index (χ1) is 19.9. The standard InChI is InChI=1S/C24H22N8O8S3/c1-13-15(12-25)22(31(29-13)17-11-14(42(35,36)37)9-10-19(17)43(38,39)40)28-27-20-21(24(2,3)4)30-32-23(20)26-16-7-5-6-8-18(16)41(32,33)34/h5-11,26H,1-4H3,(H,35,36,37)(H,38,39,40)/b28-27+. The van der Waals surface area contributed by atoms with Crippen molar-refractivity contribution in [1.82, 2.24) is 19.0 Å². The second-order valence-electron chi connectivity index (χ2n) is 10.4. The fourth-order valence-corrected chi connectivity index (χ4v) is 6.88. The van der Waals surface area contributed by atoms with Gasteiger partial charge in [0, 0.05) is 5.41 Å². The number of aryl methyl sites for hydroxylation is 1. The van der Waals surface area contributed by atoms with Gasteiger partial charge in [-0.1, -0.05) is 32.9 Å². The minimum absolute atomic E-state index is 0.0223. The summed E-state index contributed by atoms with van der Waals surface area (Å²) in [6, 6.07) is 10.2. The molecule has 1 aliphatic rings. The van der Waals surface area contributed by atoms with Crippen molar-refractivity contribution in [3.8, 4) is 11.8 Å². The van der Waals surface area contributed by atoms with Gasteiger partial charge in [-0.15, -0.1) is 14.3 Å². The first-order valence-electron chi connectivity index (χ1n) is 12.1. The molecule has 0 unspecified atom stereocenters. The maximum Gasteiger partial charge on any atom is 0.296 e. The summed E-state index contributed by atoms with van der Waals surface area (Å²) in [7, 11) is -14.0. The molecule has 0 bridgehead atoms. The molecular formula is C24H22N8O8S3. The van der Waals surface area contributed by atoms with Crippen LogP contribution in [0.15, 0.2) is 67.4 Å². The minimum atomic E-state index is -4.99. The molecule has 3 N–H and O–H groups in total. The lowest BCUT2D eigenvalue weighted by Gasteiger charge is -2.19. The lowest BCUT2D eigenvalue weighted by atomic mass is 9.91. The number of nitrogens with zero attached hydrogens (tertiary/aromatic N) is 7. The average Bonchev–Trinajstić information content (AvgIpc) is 3.43. The summed E-state index contributed by atoms with van der Waals surface area (Å²) >= 11 is 0. The first-order valence-corrected chi connectivity index (χ1v) is 16.4. The third-order valence-corrected chi connectivity index (χ3v) is 9.70. The van der Waals surface area contributed by atoms with Crippen LogP contribution in [-0.2, 0) is 35.7 Å². The number of rotatable bonds is 5. The third-order valence-electron chi connectivity index (χ3n) is 6.31. The molecule has 3 heterocycles. The van der Waals surface area contributed by atoms with Crippen molar-refractivity contribution in [2.75, 3.05) is 5.32 Å². The highest BCUT2D eigenvalue weighted by molar-refractivity contribution is 7.90. The summed E-state index contributed by atoms with van der Waals surface area (Å²) in [5.41, 5.74) is -1.10. The second-order valence-corrected chi connectivity index (χ2v) is 14.9. The summed E-state index contributed by atoms with van der Waals surface area (Å²) in [6.45, 7) is 6.67. The van der Waals surface area contributed by atoms with Crippen LogP contribution in [0.25, 0.3) is 5.69 Å². The number of hydrogen-bond acceptors (Lipinski definition) is 12. The zero-order valence-corrected chi connectivity index (χ0v) is 25.2. The van der Waals surface area contributed by atoms with Crippen LogP contribution in [0.5, 0.6) is 0 Å². The molecule has 0 fully saturated rings. The molecule has 0 aliphatic carbocycles. The molecule has 1 aliphatic heterocycles. The number of benzene rings is 2. The SMILES string of the molecule is Cc1nn(-c2cc(S(=O)(=O)O)ccc2S(=O)(=O)O)c(/N=N/c2c(C(C)(C)C)nn3c2Nc2ccccc2S3(=O)=O)c1C#N. The number of nitrogens with one attached hydrogen (secondary N) is 1. The molecular weight excluding hydrogens is 625 g/mol. The number of anilines is 2. The summed E-state index contributed by atoms with van der Waals surface area (Å²) in [6.07, 6.45) is 0. The highest BCUT2D eigenvalue weighted by atomic mass is 32.2. The zero-order valence-electron chi connectivity index (χ0n) is 22.7. The lowest BCUT2D eigenvalue weighted by molar-refractivity contribution is 0.477. The third kappa shape index (κ3) is 5.08. The van der Waals surface area contributed by atoms with Gasteiger partial charge in [-0.25, -0.2) is 4.68 Å². The molecule has 0 saturated heterocycles. The molecule has 16 nitrogen and oxygen atoms in total. The van der Waals surface area contributed by atoms with Crippen molar-refractivity contribution in [2.45, 2.75) is 47.8 Å². The molecule has 5 rings (SSSR count). The number of fused-ring (bicyclic) bond motifs is 2. The quantitative estimate of drug-likeness (QED) is 0.183. The van der Waals surface area contributed by atoms with Crippen LogP contribution >= 0.6 is 0 Å². The van der Waals surface area contributed by atoms with Crippen LogP contribution < -0.4 is 5.32 Å². The molecule has 0 saturated carbocycles. The molecule has 4 aromatic rings. The van der Waals surface area contributed by atoms with Crippen molar-refractivity contribution in [1.29, 1.82) is 5.26 Å². The number of nitriles is 1. The average molecular weight is 647 g/mol. The fraction of sp³-hybridized carbons (Fsp3) is 0.208. The number of para-hydroxylation sites is 1. The van der Waals surface area contributed by atoms with E-state index < -0.39 is 57.0 Å². The van der Waals surface area contributed by atoms with Gasteiger partial charge in [-0.3, -0.25) is 9.11 Å². The van der Waals surface area contributed by atoms with Gasteiger partial charge in [0.15, 0.2) is 17.3 Å². The van der Waals surface area contributed by atoms with Crippen molar-refractivity contribution in [3.63, 3.8) is 0 Å². The van der Waals surface area contributed by atoms with Crippen molar-refractivity contribution in [2.24, 2.45) is 10.2 Å². The summed E-state index contributed by atoms with van der Waals surface area (Å²) in [5.74, 6) is -0.447. The van der Waals surface area contributed by atoms with Gasteiger partial charge in [-0.2, -0.15) is 40.7 Å². The van der Waals surface area contributed by atoms with Gasteiger partial charge < -0.3 is 5.32 Å². The highest BCUT2D eigenvalue weighted by Gasteiger charge is 2.37. The fourth-order valence-electron chi connectivity index (χ4n) is 4.33. The Morgan fingerprint density at radius 2 is 1.67 bits per heavy atom. The van der Waals surface area contributed by atoms with E-state index in [1.807, 2.05) is 6.07 Å². The summed E-state index contributed by atoms with van der Waals surface area (Å²) in [4.78, 5) is -1.57. The van der Waals surface area contributed by atoms with E-state index >= 15 is 0 Å². The highest BCUT2D eigenvalue weighted by Crippen LogP contribution is 2.45. The van der Waals surface area contributed by atoms with Crippen LogP contribution in [0.2, 0.25) is 0 Å². The number of azo groups is 1. The smallest absolute Gasteiger partial charge is 0.296 e. The Morgan fingerprint density at radius 1 is 1.00 bits per heavy atom. The van der Waals surface area contributed by atoms with E-state index in [1.165, 1.54) is 13.0 Å². The molecule has 19 heteroatoms. The van der Waals surface area contributed by atoms with E-state index in [4.69, 9.17) is 0 Å². The Labute approximate surface area is 245 Å². The summed E-state index contributed by atoms with van der Waals surface area (Å²) in [5, 5.41) is 29.7. The Balaban J connectivity index is 1.79. The molecule has 0 spiro atoms. The molecule has 0 atom stereocenters. The predicted molar refractivity (Wildman–Crippen MR) is 150 cm³/mol. The normalized spacial score (nSPS) is 14.6. The Bertz CT molecular complexity index is 2240. The van der Waals surface area contributed by atoms with Gasteiger partial charge in [0.05, 0.1) is 27.7 Å².